The molecule has 0 fully saturated rings. The maximum absolute atomic E-state index is 6.13. The second-order valence-electron chi connectivity index (χ2n) is 4.06. The summed E-state index contributed by atoms with van der Waals surface area (Å²) in [4.78, 5) is 0. The van der Waals surface area contributed by atoms with Gasteiger partial charge in [-0.25, -0.2) is 0 Å². The van der Waals surface area contributed by atoms with Gasteiger partial charge in [-0.05, 0) is 56.8 Å². The van der Waals surface area contributed by atoms with Crippen LogP contribution >= 0.6 is 11.6 Å². The summed E-state index contributed by atoms with van der Waals surface area (Å²) in [6, 6.07) is 2.01. The zero-order chi connectivity index (χ0) is 12.1. The molecule has 0 aliphatic heterocycles. The summed E-state index contributed by atoms with van der Waals surface area (Å²) in [5.41, 5.74) is 8.99. The van der Waals surface area contributed by atoms with Gasteiger partial charge in [-0.1, -0.05) is 11.6 Å². The van der Waals surface area contributed by atoms with Crippen molar-refractivity contribution in [2.24, 2.45) is 5.73 Å². The lowest BCUT2D eigenvalue weighted by Gasteiger charge is -2.15. The van der Waals surface area contributed by atoms with Crippen LogP contribution in [-0.4, -0.2) is 13.7 Å². The lowest BCUT2D eigenvalue weighted by molar-refractivity contribution is 0.405. The van der Waals surface area contributed by atoms with E-state index in [-0.39, 0.29) is 0 Å². The van der Waals surface area contributed by atoms with E-state index in [1.54, 1.807) is 7.11 Å². The van der Waals surface area contributed by atoms with E-state index in [2.05, 4.69) is 6.92 Å². The van der Waals surface area contributed by atoms with E-state index >= 15 is 0 Å². The van der Waals surface area contributed by atoms with E-state index in [1.807, 2.05) is 13.0 Å². The zero-order valence-corrected chi connectivity index (χ0v) is 11.0. The Kier molecular flexibility index (Phi) is 5.10. The Hall–Kier alpha value is -0.730. The Bertz CT molecular complexity index is 363. The van der Waals surface area contributed by atoms with Crippen LogP contribution in [0, 0.1) is 13.8 Å². The summed E-state index contributed by atoms with van der Waals surface area (Å²) >= 11 is 6.13. The number of halogens is 1. The summed E-state index contributed by atoms with van der Waals surface area (Å²) in [5, 5.41) is 0.775. The van der Waals surface area contributed by atoms with Crippen LogP contribution in [-0.2, 0) is 6.42 Å². The van der Waals surface area contributed by atoms with Gasteiger partial charge in [0.2, 0.25) is 0 Å². The standard InChI is InChI=1S/C13H20ClNO/c1-9-8-12(14)10(2)13(16-3)11(9)6-4-5-7-15/h8H,4-7,15H2,1-3H3. The van der Waals surface area contributed by atoms with Gasteiger partial charge >= 0.3 is 0 Å². The van der Waals surface area contributed by atoms with Crippen molar-refractivity contribution in [1.82, 2.24) is 0 Å². The molecular weight excluding hydrogens is 222 g/mol. The van der Waals surface area contributed by atoms with Crippen LogP contribution in [0.4, 0.5) is 0 Å². The second-order valence-corrected chi connectivity index (χ2v) is 4.47. The Labute approximate surface area is 103 Å². The highest BCUT2D eigenvalue weighted by atomic mass is 35.5. The molecule has 1 aromatic rings. The van der Waals surface area contributed by atoms with E-state index in [0.29, 0.717) is 0 Å². The van der Waals surface area contributed by atoms with Gasteiger partial charge in [0.1, 0.15) is 5.75 Å². The smallest absolute Gasteiger partial charge is 0.126 e. The second kappa shape index (κ2) is 6.12. The van der Waals surface area contributed by atoms with E-state index in [1.165, 1.54) is 11.1 Å². The molecule has 0 amide bonds. The van der Waals surface area contributed by atoms with Gasteiger partial charge in [-0.15, -0.1) is 0 Å². The van der Waals surface area contributed by atoms with Crippen molar-refractivity contribution >= 4 is 11.6 Å². The van der Waals surface area contributed by atoms with Gasteiger partial charge in [0.05, 0.1) is 7.11 Å². The monoisotopic (exact) mass is 241 g/mol. The molecule has 0 bridgehead atoms. The number of nitrogens with two attached hydrogens (primary N) is 1. The third-order valence-electron chi connectivity index (χ3n) is 2.88. The molecule has 2 N–H and O–H groups in total. The maximum atomic E-state index is 6.13. The molecule has 0 radical (unpaired) electrons. The number of hydrogen-bond donors (Lipinski definition) is 1. The highest BCUT2D eigenvalue weighted by Gasteiger charge is 2.12. The molecule has 3 heteroatoms. The molecule has 0 atom stereocenters. The van der Waals surface area contributed by atoms with Gasteiger partial charge in [0.25, 0.3) is 0 Å². The van der Waals surface area contributed by atoms with Crippen LogP contribution < -0.4 is 10.5 Å². The average Bonchev–Trinajstić information content (AvgIpc) is 2.26. The van der Waals surface area contributed by atoms with Gasteiger partial charge < -0.3 is 10.5 Å². The van der Waals surface area contributed by atoms with Crippen molar-refractivity contribution in [3.05, 3.63) is 27.8 Å². The fraction of sp³-hybridized carbons (Fsp3) is 0.538. The van der Waals surface area contributed by atoms with Crippen molar-refractivity contribution in [3.63, 3.8) is 0 Å². The molecule has 2 nitrogen and oxygen atoms in total. The van der Waals surface area contributed by atoms with Gasteiger partial charge in [-0.2, -0.15) is 0 Å². The lowest BCUT2D eigenvalue weighted by atomic mass is 9.98. The van der Waals surface area contributed by atoms with Gasteiger partial charge in [0.15, 0.2) is 0 Å². The van der Waals surface area contributed by atoms with Crippen LogP contribution in [0.2, 0.25) is 5.02 Å². The number of methoxy groups -OCH3 is 1. The Morgan fingerprint density at radius 2 is 2.00 bits per heavy atom. The summed E-state index contributed by atoms with van der Waals surface area (Å²) < 4.78 is 5.45. The highest BCUT2D eigenvalue weighted by molar-refractivity contribution is 6.31. The van der Waals surface area contributed by atoms with Crippen molar-refractivity contribution in [1.29, 1.82) is 0 Å². The van der Waals surface area contributed by atoms with Crippen LogP contribution in [0.25, 0.3) is 0 Å². The summed E-state index contributed by atoms with van der Waals surface area (Å²) in [7, 11) is 1.70. The predicted octanol–water partition coefficient (Wildman–Crippen LogP) is 3.25. The number of rotatable bonds is 5. The van der Waals surface area contributed by atoms with Crippen LogP contribution in [0.15, 0.2) is 6.07 Å². The van der Waals surface area contributed by atoms with E-state index in [9.17, 15) is 0 Å². The number of benzene rings is 1. The first-order valence-corrected chi connectivity index (χ1v) is 6.02. The van der Waals surface area contributed by atoms with E-state index < -0.39 is 0 Å². The summed E-state index contributed by atoms with van der Waals surface area (Å²) in [6.45, 7) is 4.81. The predicted molar refractivity (Wildman–Crippen MR) is 69.5 cm³/mol. The Morgan fingerprint density at radius 1 is 1.31 bits per heavy atom. The molecule has 0 aliphatic carbocycles. The molecular formula is C13H20ClNO. The molecule has 0 saturated heterocycles. The molecule has 1 aromatic carbocycles. The molecule has 0 aliphatic rings. The first-order chi connectivity index (χ1) is 7.61. The molecule has 0 aromatic heterocycles. The van der Waals surface area contributed by atoms with Crippen molar-refractivity contribution < 1.29 is 4.74 Å². The Balaban J connectivity index is 3.01. The van der Waals surface area contributed by atoms with Gasteiger partial charge in [-0.3, -0.25) is 0 Å². The fourth-order valence-corrected chi connectivity index (χ4v) is 2.18. The van der Waals surface area contributed by atoms with Crippen molar-refractivity contribution in [3.8, 4) is 5.75 Å². The van der Waals surface area contributed by atoms with Crippen molar-refractivity contribution in [2.75, 3.05) is 13.7 Å². The number of ether oxygens (including phenoxy) is 1. The highest BCUT2D eigenvalue weighted by Crippen LogP contribution is 2.33. The fourth-order valence-electron chi connectivity index (χ4n) is 1.93. The maximum Gasteiger partial charge on any atom is 0.126 e. The minimum atomic E-state index is 0.744. The normalized spacial score (nSPS) is 10.6. The minimum absolute atomic E-state index is 0.744. The molecule has 1 rings (SSSR count). The number of hydrogen-bond acceptors (Lipinski definition) is 2. The number of aryl methyl sites for hydroxylation is 1. The molecule has 0 spiro atoms. The SMILES string of the molecule is COc1c(C)c(Cl)cc(C)c1CCCCN. The molecule has 0 saturated carbocycles. The van der Waals surface area contributed by atoms with E-state index in [4.69, 9.17) is 22.1 Å². The largest absolute Gasteiger partial charge is 0.496 e. The first-order valence-electron chi connectivity index (χ1n) is 5.64. The third kappa shape index (κ3) is 2.89. The quantitative estimate of drug-likeness (QED) is 0.804. The van der Waals surface area contributed by atoms with Crippen molar-refractivity contribution in [2.45, 2.75) is 33.1 Å². The summed E-state index contributed by atoms with van der Waals surface area (Å²) in [5.74, 6) is 0.932. The zero-order valence-electron chi connectivity index (χ0n) is 10.3. The molecule has 0 heterocycles. The minimum Gasteiger partial charge on any atom is -0.496 e. The lowest BCUT2D eigenvalue weighted by Crippen LogP contribution is -2.02. The average molecular weight is 242 g/mol. The third-order valence-corrected chi connectivity index (χ3v) is 3.27. The molecule has 16 heavy (non-hydrogen) atoms. The summed E-state index contributed by atoms with van der Waals surface area (Å²) in [6.07, 6.45) is 3.14. The van der Waals surface area contributed by atoms with Crippen LogP contribution in [0.1, 0.15) is 29.5 Å². The first kappa shape index (κ1) is 13.3. The molecule has 90 valence electrons. The molecule has 0 unspecified atom stereocenters. The van der Waals surface area contributed by atoms with Crippen LogP contribution in [0.3, 0.4) is 0 Å². The van der Waals surface area contributed by atoms with Gasteiger partial charge in [0, 0.05) is 10.6 Å². The van der Waals surface area contributed by atoms with Crippen LogP contribution in [0.5, 0.6) is 5.75 Å². The number of unbranched alkanes of at least 4 members (excludes halogenated alkanes) is 1. The van der Waals surface area contributed by atoms with E-state index in [0.717, 1.165) is 42.1 Å². The Morgan fingerprint density at radius 3 is 2.56 bits per heavy atom. The topological polar surface area (TPSA) is 35.2 Å².